The van der Waals surface area contributed by atoms with Gasteiger partial charge in [0.25, 0.3) is 0 Å². The van der Waals surface area contributed by atoms with Crippen molar-refractivity contribution in [2.75, 3.05) is 0 Å². The monoisotopic (exact) mass is 222 g/mol. The van der Waals surface area contributed by atoms with Gasteiger partial charge in [-0.05, 0) is 0 Å². The molecule has 0 aliphatic rings. The Labute approximate surface area is 118 Å². The molecule has 0 saturated carbocycles. The Bertz CT molecular complexity index is 149. The van der Waals surface area contributed by atoms with Crippen molar-refractivity contribution in [3.8, 4) is 0 Å². The van der Waals surface area contributed by atoms with Crippen LogP contribution in [0, 0.1) is 0 Å². The Morgan fingerprint density at radius 3 is 1.36 bits per heavy atom. The van der Waals surface area contributed by atoms with E-state index in [1.165, 1.54) is 0 Å². The van der Waals surface area contributed by atoms with E-state index >= 15 is 0 Å². The summed E-state index contributed by atoms with van der Waals surface area (Å²) >= 11 is 7.00. The third-order valence-electron chi connectivity index (χ3n) is 0.805. The Hall–Kier alpha value is 1.28. The van der Waals surface area contributed by atoms with Gasteiger partial charge in [0.05, 0.1) is 0 Å². The van der Waals surface area contributed by atoms with Crippen LogP contribution in [0.4, 0.5) is 0 Å². The number of carbonyl (C=O) groups is 2. The van der Waals surface area contributed by atoms with Gasteiger partial charge in [0.15, 0.2) is 0 Å². The van der Waals surface area contributed by atoms with Crippen LogP contribution in [0.1, 0.15) is 1.43 Å². The molecule has 0 aliphatic heterocycles. The molecule has 2 unspecified atom stereocenters. The summed E-state index contributed by atoms with van der Waals surface area (Å²) in [7, 11) is 0. The second kappa shape index (κ2) is 6.76. The van der Waals surface area contributed by atoms with Crippen molar-refractivity contribution in [3.05, 3.63) is 0 Å². The first-order chi connectivity index (χ1) is 4.46. The van der Waals surface area contributed by atoms with Crippen molar-refractivity contribution >= 4 is 37.2 Å². The molecule has 0 aromatic rings. The van der Waals surface area contributed by atoms with Crippen LogP contribution in [0.15, 0.2) is 0 Å². The van der Waals surface area contributed by atoms with E-state index in [0.717, 1.165) is 0 Å². The molecule has 0 radical (unpaired) electrons. The van der Waals surface area contributed by atoms with Crippen molar-refractivity contribution in [2.45, 2.75) is 10.5 Å². The first-order valence-electron chi connectivity index (χ1n) is 2.28. The number of aliphatic carboxylic acids is 2. The smallest absolute Gasteiger partial charge is 1.00 e. The SMILES string of the molecule is O=C(O)C(S)C(S)C(=O)O.[H-].[K+]. The Morgan fingerprint density at radius 2 is 1.27 bits per heavy atom. The van der Waals surface area contributed by atoms with E-state index in [1.54, 1.807) is 0 Å². The maximum absolute atomic E-state index is 10.1. The van der Waals surface area contributed by atoms with Crippen molar-refractivity contribution in [3.63, 3.8) is 0 Å². The average Bonchev–Trinajstić information content (AvgIpc) is 1.84. The van der Waals surface area contributed by atoms with Crippen LogP contribution in [-0.4, -0.2) is 32.7 Å². The molecule has 2 N–H and O–H groups in total. The van der Waals surface area contributed by atoms with Gasteiger partial charge in [-0.15, -0.1) is 0 Å². The molecule has 4 nitrogen and oxygen atoms in total. The van der Waals surface area contributed by atoms with E-state index in [1.807, 2.05) is 0 Å². The molecule has 0 amide bonds. The second-order valence-corrected chi connectivity index (χ2v) is 2.68. The van der Waals surface area contributed by atoms with Gasteiger partial charge in [0.1, 0.15) is 10.5 Å². The third-order valence-corrected chi connectivity index (χ3v) is 2.08. The van der Waals surface area contributed by atoms with Crippen molar-refractivity contribution in [2.24, 2.45) is 0 Å². The molecule has 0 saturated heterocycles. The molecule has 0 aliphatic carbocycles. The molecule has 0 heterocycles. The summed E-state index contributed by atoms with van der Waals surface area (Å²) in [5, 5.41) is 13.9. The van der Waals surface area contributed by atoms with Crippen LogP contribution in [0.3, 0.4) is 0 Å². The van der Waals surface area contributed by atoms with Crippen LogP contribution < -0.4 is 51.4 Å². The quantitative estimate of drug-likeness (QED) is 0.301. The number of hydrogen-bond donors (Lipinski definition) is 4. The Kier molecular flexibility index (Phi) is 9.08. The molecule has 0 fully saturated rings. The topological polar surface area (TPSA) is 74.6 Å². The fourth-order valence-electron chi connectivity index (χ4n) is 0.270. The zero-order chi connectivity index (χ0) is 8.31. The van der Waals surface area contributed by atoms with E-state index in [4.69, 9.17) is 10.2 Å². The van der Waals surface area contributed by atoms with Crippen molar-refractivity contribution < 1.29 is 72.6 Å². The number of rotatable bonds is 3. The second-order valence-electron chi connectivity index (χ2n) is 1.57. The predicted octanol–water partition coefficient (Wildman–Crippen LogP) is -3.13. The van der Waals surface area contributed by atoms with Crippen LogP contribution in [0.2, 0.25) is 0 Å². The van der Waals surface area contributed by atoms with Crippen molar-refractivity contribution in [1.82, 2.24) is 0 Å². The van der Waals surface area contributed by atoms with E-state index in [2.05, 4.69) is 25.3 Å². The standard InChI is InChI=1S/C4H6O4S2.K.H/c5-3(6)1(9)2(10)4(7)8;;/h1-2,9-10H,(H,5,6)(H,7,8);;/q;+1;-1. The Balaban J connectivity index is -0.000000405. The minimum absolute atomic E-state index is 0. The summed E-state index contributed by atoms with van der Waals surface area (Å²) in [5.74, 6) is -2.57. The van der Waals surface area contributed by atoms with Gasteiger partial charge in [-0.3, -0.25) is 9.59 Å². The van der Waals surface area contributed by atoms with Crippen LogP contribution in [0.5, 0.6) is 0 Å². The maximum Gasteiger partial charge on any atom is 1.00 e. The van der Waals surface area contributed by atoms with Crippen LogP contribution in [0.25, 0.3) is 0 Å². The van der Waals surface area contributed by atoms with E-state index in [9.17, 15) is 9.59 Å². The molecule has 0 aromatic heterocycles. The molecular formula is C4H7KO4S2. The summed E-state index contributed by atoms with van der Waals surface area (Å²) in [5.41, 5.74) is 0. The molecule has 60 valence electrons. The summed E-state index contributed by atoms with van der Waals surface area (Å²) in [6, 6.07) is 0. The third kappa shape index (κ3) is 5.51. The van der Waals surface area contributed by atoms with Gasteiger partial charge in [0, 0.05) is 0 Å². The number of thiol groups is 2. The largest absolute Gasteiger partial charge is 1.00 e. The fraction of sp³-hybridized carbons (Fsp3) is 0.500. The normalized spacial score (nSPS) is 14.4. The minimum atomic E-state index is -1.29. The van der Waals surface area contributed by atoms with Gasteiger partial charge in [-0.1, -0.05) is 0 Å². The summed E-state index contributed by atoms with van der Waals surface area (Å²) in [6.45, 7) is 0. The number of carboxylic acid groups (broad SMARTS) is 2. The van der Waals surface area contributed by atoms with Gasteiger partial charge >= 0.3 is 63.3 Å². The van der Waals surface area contributed by atoms with Gasteiger partial charge < -0.3 is 11.6 Å². The van der Waals surface area contributed by atoms with Crippen molar-refractivity contribution in [1.29, 1.82) is 0 Å². The average molecular weight is 222 g/mol. The first kappa shape index (κ1) is 14.8. The summed E-state index contributed by atoms with van der Waals surface area (Å²) in [6.07, 6.45) is 0. The number of hydrogen-bond acceptors (Lipinski definition) is 4. The molecule has 0 rings (SSSR count). The molecule has 0 aromatic carbocycles. The first-order valence-corrected chi connectivity index (χ1v) is 3.32. The number of carboxylic acids is 2. The minimum Gasteiger partial charge on any atom is -1.00 e. The van der Waals surface area contributed by atoms with Gasteiger partial charge in [-0.25, -0.2) is 0 Å². The van der Waals surface area contributed by atoms with Gasteiger partial charge in [0.2, 0.25) is 0 Å². The van der Waals surface area contributed by atoms with E-state index in [-0.39, 0.29) is 52.8 Å². The Morgan fingerprint density at radius 1 is 1.09 bits per heavy atom. The summed E-state index contributed by atoms with van der Waals surface area (Å²) in [4.78, 5) is 20.1. The zero-order valence-corrected chi connectivity index (χ0v) is 10.7. The van der Waals surface area contributed by atoms with E-state index in [0.29, 0.717) is 0 Å². The molecular weight excluding hydrogens is 215 g/mol. The molecule has 11 heavy (non-hydrogen) atoms. The molecule has 0 bridgehead atoms. The maximum atomic E-state index is 10.1. The van der Waals surface area contributed by atoms with Crippen LogP contribution in [-0.2, 0) is 9.59 Å². The zero-order valence-electron chi connectivity index (χ0n) is 6.76. The molecule has 0 spiro atoms. The predicted molar refractivity (Wildman–Crippen MR) is 41.9 cm³/mol. The van der Waals surface area contributed by atoms with Crippen LogP contribution >= 0.6 is 25.3 Å². The summed E-state index contributed by atoms with van der Waals surface area (Å²) < 4.78 is 0. The van der Waals surface area contributed by atoms with Gasteiger partial charge in [-0.2, -0.15) is 25.3 Å². The van der Waals surface area contributed by atoms with E-state index < -0.39 is 22.4 Å². The molecule has 2 atom stereocenters. The molecule has 7 heteroatoms. The fourth-order valence-corrected chi connectivity index (χ4v) is 0.525.